The van der Waals surface area contributed by atoms with Crippen molar-refractivity contribution in [1.29, 1.82) is 0 Å². The molecule has 3 nitrogen and oxygen atoms in total. The Morgan fingerprint density at radius 1 is 1.37 bits per heavy atom. The predicted octanol–water partition coefficient (Wildman–Crippen LogP) is 3.27. The van der Waals surface area contributed by atoms with Crippen LogP contribution in [0.3, 0.4) is 0 Å². The molecule has 0 fully saturated rings. The van der Waals surface area contributed by atoms with E-state index < -0.39 is 11.9 Å². The van der Waals surface area contributed by atoms with Gasteiger partial charge in [0.2, 0.25) is 0 Å². The third-order valence-electron chi connectivity index (χ3n) is 2.74. The zero-order chi connectivity index (χ0) is 13.8. The third-order valence-corrected chi connectivity index (χ3v) is 3.36. The predicted molar refractivity (Wildman–Crippen MR) is 73.6 cm³/mol. The van der Waals surface area contributed by atoms with Crippen LogP contribution in [0.5, 0.6) is 5.75 Å². The van der Waals surface area contributed by atoms with E-state index in [1.165, 1.54) is 12.1 Å². The van der Waals surface area contributed by atoms with Gasteiger partial charge in [-0.15, -0.1) is 0 Å². The number of benzene rings is 1. The Hall–Kier alpha value is -1.46. The molecule has 19 heavy (non-hydrogen) atoms. The highest BCUT2D eigenvalue weighted by atomic mass is 79.9. The largest absolute Gasteiger partial charge is 0.496 e. The molecule has 2 rings (SSSR count). The molecule has 5 heteroatoms. The first-order valence-electron chi connectivity index (χ1n) is 5.72. The van der Waals surface area contributed by atoms with Gasteiger partial charge in [-0.05, 0) is 45.8 Å². The maximum Gasteiger partial charge on any atom is 0.141 e. The number of aliphatic hydroxyl groups is 1. The summed E-state index contributed by atoms with van der Waals surface area (Å²) < 4.78 is 18.7. The number of halogens is 2. The van der Waals surface area contributed by atoms with Crippen LogP contribution in [0.25, 0.3) is 0 Å². The van der Waals surface area contributed by atoms with E-state index in [1.807, 2.05) is 18.2 Å². The van der Waals surface area contributed by atoms with Crippen molar-refractivity contribution < 1.29 is 14.2 Å². The van der Waals surface area contributed by atoms with E-state index in [0.29, 0.717) is 12.1 Å². The number of hydrogen-bond acceptors (Lipinski definition) is 3. The average Bonchev–Trinajstić information content (AvgIpc) is 2.39. The summed E-state index contributed by atoms with van der Waals surface area (Å²) in [5.74, 6) is 0.321. The summed E-state index contributed by atoms with van der Waals surface area (Å²) in [5.41, 5.74) is 1.39. The number of nitrogens with zero attached hydrogens (tertiary/aromatic N) is 1. The van der Waals surface area contributed by atoms with Crippen LogP contribution < -0.4 is 4.74 Å². The van der Waals surface area contributed by atoms with Crippen molar-refractivity contribution in [3.8, 4) is 5.75 Å². The molecule has 1 aromatic carbocycles. The number of aromatic nitrogens is 1. The lowest BCUT2D eigenvalue weighted by Crippen LogP contribution is -2.04. The second kappa shape index (κ2) is 6.12. The van der Waals surface area contributed by atoms with Crippen molar-refractivity contribution in [2.24, 2.45) is 0 Å². The standard InChI is InChI=1S/C14H13BrFNO2/c1-19-14-5-2-9(6-11(14)15)7-13(18)12-4-3-10(16)8-17-12/h2-6,8,13,18H,7H2,1H3. The monoisotopic (exact) mass is 325 g/mol. The molecular weight excluding hydrogens is 313 g/mol. The second-order valence-electron chi connectivity index (χ2n) is 4.09. The molecule has 0 bridgehead atoms. The van der Waals surface area contributed by atoms with E-state index in [2.05, 4.69) is 20.9 Å². The van der Waals surface area contributed by atoms with Gasteiger partial charge in [0.05, 0.1) is 29.6 Å². The SMILES string of the molecule is COc1ccc(CC(O)c2ccc(F)cn2)cc1Br. The minimum absolute atomic E-state index is 0.404. The Bertz CT molecular complexity index is 560. The van der Waals surface area contributed by atoms with Crippen LogP contribution in [0.15, 0.2) is 41.0 Å². The molecular formula is C14H13BrFNO2. The highest BCUT2D eigenvalue weighted by Crippen LogP contribution is 2.27. The lowest BCUT2D eigenvalue weighted by molar-refractivity contribution is 0.173. The molecule has 1 aromatic heterocycles. The third kappa shape index (κ3) is 3.52. The Labute approximate surface area is 119 Å². The molecule has 0 amide bonds. The first-order chi connectivity index (χ1) is 9.10. The summed E-state index contributed by atoms with van der Waals surface area (Å²) in [6.45, 7) is 0. The highest BCUT2D eigenvalue weighted by molar-refractivity contribution is 9.10. The smallest absolute Gasteiger partial charge is 0.141 e. The number of rotatable bonds is 4. The maximum atomic E-state index is 12.7. The van der Waals surface area contributed by atoms with Crippen molar-refractivity contribution in [3.05, 3.63) is 58.1 Å². The molecule has 100 valence electrons. The number of methoxy groups -OCH3 is 1. The summed E-state index contributed by atoms with van der Waals surface area (Å²) in [6.07, 6.45) is 0.741. The minimum Gasteiger partial charge on any atom is -0.496 e. The molecule has 0 aliphatic carbocycles. The summed E-state index contributed by atoms with van der Waals surface area (Å²) in [7, 11) is 1.59. The van der Waals surface area contributed by atoms with Gasteiger partial charge in [0.15, 0.2) is 0 Å². The summed E-state index contributed by atoms with van der Waals surface area (Å²) >= 11 is 3.39. The quantitative estimate of drug-likeness (QED) is 0.938. The van der Waals surface area contributed by atoms with Crippen LogP contribution in [0.2, 0.25) is 0 Å². The normalized spacial score (nSPS) is 12.2. The Kier molecular flexibility index (Phi) is 4.50. The van der Waals surface area contributed by atoms with E-state index >= 15 is 0 Å². The molecule has 1 unspecified atom stereocenters. The number of hydrogen-bond donors (Lipinski definition) is 1. The summed E-state index contributed by atoms with van der Waals surface area (Å²) in [4.78, 5) is 3.87. The molecule has 0 saturated heterocycles. The van der Waals surface area contributed by atoms with Crippen LogP contribution >= 0.6 is 15.9 Å². The molecule has 0 spiro atoms. The first kappa shape index (κ1) is 14.0. The molecule has 2 aromatic rings. The van der Waals surface area contributed by atoms with E-state index in [4.69, 9.17) is 4.74 Å². The van der Waals surface area contributed by atoms with Gasteiger partial charge in [-0.3, -0.25) is 4.98 Å². The van der Waals surface area contributed by atoms with Crippen LogP contribution in [0, 0.1) is 5.82 Å². The van der Waals surface area contributed by atoms with Crippen LogP contribution in [0.1, 0.15) is 17.4 Å². The molecule has 1 N–H and O–H groups in total. The molecule has 1 atom stereocenters. The highest BCUT2D eigenvalue weighted by Gasteiger charge is 2.11. The van der Waals surface area contributed by atoms with E-state index in [1.54, 1.807) is 7.11 Å². The Morgan fingerprint density at radius 3 is 2.74 bits per heavy atom. The van der Waals surface area contributed by atoms with Crippen LogP contribution in [-0.4, -0.2) is 17.2 Å². The fourth-order valence-electron chi connectivity index (χ4n) is 1.75. The van der Waals surface area contributed by atoms with E-state index in [-0.39, 0.29) is 0 Å². The van der Waals surface area contributed by atoms with Crippen molar-refractivity contribution >= 4 is 15.9 Å². The Morgan fingerprint density at radius 2 is 2.16 bits per heavy atom. The number of pyridine rings is 1. The van der Waals surface area contributed by atoms with Crippen molar-refractivity contribution in [3.63, 3.8) is 0 Å². The van der Waals surface area contributed by atoms with Crippen LogP contribution in [0.4, 0.5) is 4.39 Å². The average molecular weight is 326 g/mol. The Balaban J connectivity index is 2.12. The first-order valence-corrected chi connectivity index (χ1v) is 6.51. The van der Waals surface area contributed by atoms with Gasteiger partial charge in [-0.1, -0.05) is 6.07 Å². The molecule has 1 heterocycles. The molecule has 0 aliphatic rings. The zero-order valence-electron chi connectivity index (χ0n) is 10.3. The topological polar surface area (TPSA) is 42.4 Å². The van der Waals surface area contributed by atoms with Crippen molar-refractivity contribution in [1.82, 2.24) is 4.98 Å². The second-order valence-corrected chi connectivity index (χ2v) is 4.94. The van der Waals surface area contributed by atoms with Crippen molar-refractivity contribution in [2.45, 2.75) is 12.5 Å². The van der Waals surface area contributed by atoms with Gasteiger partial charge < -0.3 is 9.84 Å². The van der Waals surface area contributed by atoms with Gasteiger partial charge in [-0.2, -0.15) is 0 Å². The maximum absolute atomic E-state index is 12.7. The van der Waals surface area contributed by atoms with Crippen LogP contribution in [-0.2, 0) is 6.42 Å². The van der Waals surface area contributed by atoms with Gasteiger partial charge in [0, 0.05) is 6.42 Å². The van der Waals surface area contributed by atoms with Gasteiger partial charge in [-0.25, -0.2) is 4.39 Å². The van der Waals surface area contributed by atoms with Crippen molar-refractivity contribution in [2.75, 3.05) is 7.11 Å². The lowest BCUT2D eigenvalue weighted by Gasteiger charge is -2.11. The fraction of sp³-hybridized carbons (Fsp3) is 0.214. The minimum atomic E-state index is -0.763. The van der Waals surface area contributed by atoms with Gasteiger partial charge in [0.1, 0.15) is 11.6 Å². The number of ether oxygens (including phenoxy) is 1. The van der Waals surface area contributed by atoms with E-state index in [9.17, 15) is 9.50 Å². The van der Waals surface area contributed by atoms with Gasteiger partial charge in [0.25, 0.3) is 0 Å². The zero-order valence-corrected chi connectivity index (χ0v) is 11.9. The summed E-state index contributed by atoms with van der Waals surface area (Å²) in [5, 5.41) is 10.1. The fourth-order valence-corrected chi connectivity index (χ4v) is 2.34. The molecule has 0 saturated carbocycles. The number of aliphatic hydroxyl groups excluding tert-OH is 1. The molecule has 0 aliphatic heterocycles. The summed E-state index contributed by atoms with van der Waals surface area (Å²) in [6, 6.07) is 8.35. The van der Waals surface area contributed by atoms with Gasteiger partial charge >= 0.3 is 0 Å². The van der Waals surface area contributed by atoms with E-state index in [0.717, 1.165) is 22.0 Å². The lowest BCUT2D eigenvalue weighted by atomic mass is 10.1. The molecule has 0 radical (unpaired) electrons.